The number of nitrogens with zero attached hydrogens (tertiary/aromatic N) is 1. The van der Waals surface area contributed by atoms with Gasteiger partial charge < -0.3 is 10.2 Å². The van der Waals surface area contributed by atoms with Crippen molar-refractivity contribution in [1.29, 1.82) is 0 Å². The fourth-order valence-corrected chi connectivity index (χ4v) is 2.77. The minimum absolute atomic E-state index is 0.0316. The zero-order valence-corrected chi connectivity index (χ0v) is 12.9. The van der Waals surface area contributed by atoms with Crippen LogP contribution in [0.15, 0.2) is 30.9 Å². The van der Waals surface area contributed by atoms with Crippen LogP contribution in [0.3, 0.4) is 0 Å². The number of piperidine rings is 1. The number of benzene rings is 1. The summed E-state index contributed by atoms with van der Waals surface area (Å²) in [6, 6.07) is 4.17. The highest BCUT2D eigenvalue weighted by Gasteiger charge is 2.29. The molecule has 0 aromatic heterocycles. The average Bonchev–Trinajstić information content (AvgIpc) is 2.52. The molecule has 1 aromatic rings. The second kappa shape index (κ2) is 7.40. The number of rotatable bonds is 4. The van der Waals surface area contributed by atoms with E-state index in [1.165, 1.54) is 18.2 Å². The van der Waals surface area contributed by atoms with Gasteiger partial charge in [0.25, 0.3) is 5.91 Å². The summed E-state index contributed by atoms with van der Waals surface area (Å²) in [5.41, 5.74) is -0.0984. The molecule has 1 aliphatic rings. The molecule has 4 nitrogen and oxygen atoms in total. The summed E-state index contributed by atoms with van der Waals surface area (Å²) < 4.78 is 13.8. The van der Waals surface area contributed by atoms with Crippen LogP contribution in [0.4, 0.5) is 4.39 Å². The smallest absolute Gasteiger partial charge is 0.258 e. The van der Waals surface area contributed by atoms with Gasteiger partial charge in [0, 0.05) is 25.6 Å². The highest BCUT2D eigenvalue weighted by Crippen LogP contribution is 2.24. The topological polar surface area (TPSA) is 49.4 Å². The van der Waals surface area contributed by atoms with Crippen LogP contribution in [-0.4, -0.2) is 36.3 Å². The fourth-order valence-electron chi connectivity index (χ4n) is 2.52. The van der Waals surface area contributed by atoms with Crippen molar-refractivity contribution in [2.75, 3.05) is 19.6 Å². The minimum Gasteiger partial charge on any atom is -0.352 e. The Labute approximate surface area is 133 Å². The summed E-state index contributed by atoms with van der Waals surface area (Å²) in [5, 5.41) is 2.86. The number of carbonyl (C=O) groups is 2. The molecule has 0 radical (unpaired) electrons. The molecule has 1 aliphatic heterocycles. The first-order chi connectivity index (χ1) is 10.5. The zero-order valence-electron chi connectivity index (χ0n) is 12.1. The molecule has 1 heterocycles. The number of amides is 2. The summed E-state index contributed by atoms with van der Waals surface area (Å²) in [7, 11) is 0. The molecule has 1 fully saturated rings. The first-order valence-corrected chi connectivity index (χ1v) is 7.54. The zero-order chi connectivity index (χ0) is 16.1. The van der Waals surface area contributed by atoms with E-state index in [2.05, 4.69) is 11.9 Å². The predicted octanol–water partition coefficient (Wildman–Crippen LogP) is 2.63. The standard InChI is InChI=1S/C16H18ClFN2O2/c1-2-8-19-15(21)11-6-9-20(10-7-11)16(22)14-12(17)4-3-5-13(14)18/h2-5,11H,1,6-10H2,(H,19,21). The molecule has 0 unspecified atom stereocenters. The third-order valence-electron chi connectivity index (χ3n) is 3.75. The van der Waals surface area contributed by atoms with E-state index in [-0.39, 0.29) is 22.4 Å². The van der Waals surface area contributed by atoms with Crippen molar-refractivity contribution in [1.82, 2.24) is 10.2 Å². The van der Waals surface area contributed by atoms with Crippen LogP contribution < -0.4 is 5.32 Å². The van der Waals surface area contributed by atoms with Crippen molar-refractivity contribution >= 4 is 23.4 Å². The second-order valence-corrected chi connectivity index (χ2v) is 5.60. The van der Waals surface area contributed by atoms with Gasteiger partial charge in [0.2, 0.25) is 5.91 Å². The third kappa shape index (κ3) is 3.65. The van der Waals surface area contributed by atoms with Gasteiger partial charge in [-0.25, -0.2) is 4.39 Å². The Morgan fingerprint density at radius 3 is 2.68 bits per heavy atom. The van der Waals surface area contributed by atoms with E-state index in [0.29, 0.717) is 32.5 Å². The predicted molar refractivity (Wildman–Crippen MR) is 83.2 cm³/mol. The van der Waals surface area contributed by atoms with Gasteiger partial charge in [-0.2, -0.15) is 0 Å². The number of hydrogen-bond donors (Lipinski definition) is 1. The first-order valence-electron chi connectivity index (χ1n) is 7.16. The third-order valence-corrected chi connectivity index (χ3v) is 4.07. The van der Waals surface area contributed by atoms with Crippen molar-refractivity contribution in [3.63, 3.8) is 0 Å². The molecule has 0 spiro atoms. The molecule has 2 rings (SSSR count). The van der Waals surface area contributed by atoms with Crippen LogP contribution in [0.2, 0.25) is 5.02 Å². The maximum atomic E-state index is 13.8. The highest BCUT2D eigenvalue weighted by molar-refractivity contribution is 6.33. The number of carbonyl (C=O) groups excluding carboxylic acids is 2. The Hall–Kier alpha value is -1.88. The second-order valence-electron chi connectivity index (χ2n) is 5.20. The molecule has 0 aliphatic carbocycles. The summed E-state index contributed by atoms with van der Waals surface area (Å²) in [4.78, 5) is 25.8. The quantitative estimate of drug-likeness (QED) is 0.866. The first kappa shape index (κ1) is 16.5. The van der Waals surface area contributed by atoms with Gasteiger partial charge in [-0.05, 0) is 25.0 Å². The van der Waals surface area contributed by atoms with Crippen LogP contribution in [-0.2, 0) is 4.79 Å². The molecule has 1 saturated heterocycles. The number of nitrogens with one attached hydrogen (secondary N) is 1. The van der Waals surface area contributed by atoms with E-state index in [1.807, 2.05) is 0 Å². The molecule has 1 aromatic carbocycles. The van der Waals surface area contributed by atoms with E-state index in [4.69, 9.17) is 11.6 Å². The van der Waals surface area contributed by atoms with Gasteiger partial charge in [0.05, 0.1) is 10.6 Å². The Bertz CT molecular complexity index is 563. The lowest BCUT2D eigenvalue weighted by molar-refractivity contribution is -0.126. The maximum Gasteiger partial charge on any atom is 0.258 e. The van der Waals surface area contributed by atoms with Crippen molar-refractivity contribution in [2.45, 2.75) is 12.8 Å². The van der Waals surface area contributed by atoms with Crippen molar-refractivity contribution < 1.29 is 14.0 Å². The largest absolute Gasteiger partial charge is 0.352 e. The van der Waals surface area contributed by atoms with Crippen molar-refractivity contribution in [3.8, 4) is 0 Å². The van der Waals surface area contributed by atoms with E-state index >= 15 is 0 Å². The van der Waals surface area contributed by atoms with Crippen LogP contribution >= 0.6 is 11.6 Å². The van der Waals surface area contributed by atoms with Crippen LogP contribution in [0.25, 0.3) is 0 Å². The fraction of sp³-hybridized carbons (Fsp3) is 0.375. The Morgan fingerprint density at radius 2 is 2.09 bits per heavy atom. The lowest BCUT2D eigenvalue weighted by Crippen LogP contribution is -2.43. The molecule has 0 saturated carbocycles. The van der Waals surface area contributed by atoms with Crippen molar-refractivity contribution in [3.05, 3.63) is 47.3 Å². The molecule has 118 valence electrons. The summed E-state index contributed by atoms with van der Waals surface area (Å²) in [5.74, 6) is -1.20. The van der Waals surface area contributed by atoms with Gasteiger partial charge in [-0.15, -0.1) is 6.58 Å². The van der Waals surface area contributed by atoms with E-state index < -0.39 is 11.7 Å². The average molecular weight is 325 g/mol. The van der Waals surface area contributed by atoms with Crippen LogP contribution in [0, 0.1) is 11.7 Å². The van der Waals surface area contributed by atoms with Gasteiger partial charge in [-0.1, -0.05) is 23.7 Å². The van der Waals surface area contributed by atoms with Gasteiger partial charge in [0.1, 0.15) is 5.82 Å². The van der Waals surface area contributed by atoms with E-state index in [9.17, 15) is 14.0 Å². The van der Waals surface area contributed by atoms with Gasteiger partial charge in [0.15, 0.2) is 0 Å². The molecule has 1 N–H and O–H groups in total. The molecular weight excluding hydrogens is 307 g/mol. The van der Waals surface area contributed by atoms with Crippen LogP contribution in [0.5, 0.6) is 0 Å². The Kier molecular flexibility index (Phi) is 5.55. The molecule has 22 heavy (non-hydrogen) atoms. The summed E-state index contributed by atoms with van der Waals surface area (Å²) in [6.45, 7) is 4.81. The molecule has 0 bridgehead atoms. The summed E-state index contributed by atoms with van der Waals surface area (Å²) in [6.07, 6.45) is 2.73. The molecular formula is C16H18ClFN2O2. The Balaban J connectivity index is 1.98. The molecule has 6 heteroatoms. The highest BCUT2D eigenvalue weighted by atomic mass is 35.5. The lowest BCUT2D eigenvalue weighted by Gasteiger charge is -2.31. The monoisotopic (exact) mass is 324 g/mol. The van der Waals surface area contributed by atoms with E-state index in [1.54, 1.807) is 11.0 Å². The SMILES string of the molecule is C=CCNC(=O)C1CCN(C(=O)c2c(F)cccc2Cl)CC1. The minimum atomic E-state index is -0.622. The number of likely N-dealkylation sites (tertiary alicyclic amines) is 1. The molecule has 2 amide bonds. The normalized spacial score (nSPS) is 15.5. The lowest BCUT2D eigenvalue weighted by atomic mass is 9.95. The molecule has 0 atom stereocenters. The van der Waals surface area contributed by atoms with Gasteiger partial charge in [-0.3, -0.25) is 9.59 Å². The Morgan fingerprint density at radius 1 is 1.41 bits per heavy atom. The van der Waals surface area contributed by atoms with Crippen LogP contribution in [0.1, 0.15) is 23.2 Å². The maximum absolute atomic E-state index is 13.8. The summed E-state index contributed by atoms with van der Waals surface area (Å²) >= 11 is 5.92. The van der Waals surface area contributed by atoms with Crippen molar-refractivity contribution in [2.24, 2.45) is 5.92 Å². The number of halogens is 2. The number of hydrogen-bond acceptors (Lipinski definition) is 2. The van der Waals surface area contributed by atoms with Gasteiger partial charge >= 0.3 is 0 Å². The van der Waals surface area contributed by atoms with E-state index in [0.717, 1.165) is 0 Å².